The molecule has 4 nitrogen and oxygen atoms in total. The highest BCUT2D eigenvalue weighted by Gasteiger charge is 2.25. The van der Waals surface area contributed by atoms with Gasteiger partial charge in [-0.15, -0.1) is 0 Å². The Labute approximate surface area is 115 Å². The largest absolute Gasteiger partial charge is 0.379 e. The molecule has 0 unspecified atom stereocenters. The summed E-state index contributed by atoms with van der Waals surface area (Å²) in [6, 6.07) is 2.99. The van der Waals surface area contributed by atoms with Crippen LogP contribution in [0.4, 0.5) is 5.69 Å². The number of anilines is 1. The first kappa shape index (κ1) is 12.9. The predicted octanol–water partition coefficient (Wildman–Crippen LogP) is 1.69. The van der Waals surface area contributed by atoms with Gasteiger partial charge in [0.1, 0.15) is 0 Å². The molecule has 0 bridgehead atoms. The molecular formula is C15H23N3O. The highest BCUT2D eigenvalue weighted by Crippen LogP contribution is 2.23. The normalized spacial score (nSPS) is 22.7. The molecule has 0 radical (unpaired) electrons. The lowest BCUT2D eigenvalue weighted by Gasteiger charge is -2.40. The van der Waals surface area contributed by atoms with Crippen LogP contribution in [0.2, 0.25) is 0 Å². The number of morpholine rings is 1. The van der Waals surface area contributed by atoms with Crippen molar-refractivity contribution in [1.82, 2.24) is 9.88 Å². The number of aryl methyl sites for hydroxylation is 1. The molecule has 2 aliphatic heterocycles. The molecule has 1 aromatic rings. The van der Waals surface area contributed by atoms with Gasteiger partial charge in [0.2, 0.25) is 0 Å². The molecule has 1 aromatic heterocycles. The number of hydrogen-bond donors (Lipinski definition) is 0. The van der Waals surface area contributed by atoms with E-state index in [0.717, 1.165) is 45.4 Å². The van der Waals surface area contributed by atoms with Gasteiger partial charge in [0.15, 0.2) is 0 Å². The lowest BCUT2D eigenvalue weighted by atomic mass is 10.0. The fourth-order valence-electron chi connectivity index (χ4n) is 3.14. The lowest BCUT2D eigenvalue weighted by molar-refractivity contribution is 0.0115. The summed E-state index contributed by atoms with van der Waals surface area (Å²) in [6.45, 7) is 8.43. The summed E-state index contributed by atoms with van der Waals surface area (Å²) in [7, 11) is 0. The maximum atomic E-state index is 5.43. The number of aromatic nitrogens is 1. The second kappa shape index (κ2) is 5.88. The molecule has 0 atom stereocenters. The van der Waals surface area contributed by atoms with Crippen LogP contribution in [0.15, 0.2) is 18.5 Å². The Balaban J connectivity index is 1.57. The van der Waals surface area contributed by atoms with Gasteiger partial charge in [0.25, 0.3) is 0 Å². The van der Waals surface area contributed by atoms with Gasteiger partial charge in [-0.25, -0.2) is 0 Å². The molecule has 2 aliphatic rings. The van der Waals surface area contributed by atoms with Crippen LogP contribution < -0.4 is 4.90 Å². The molecular weight excluding hydrogens is 238 g/mol. The fraction of sp³-hybridized carbons (Fsp3) is 0.667. The third kappa shape index (κ3) is 3.07. The third-order valence-corrected chi connectivity index (χ3v) is 4.25. The monoisotopic (exact) mass is 261 g/mol. The Morgan fingerprint density at radius 2 is 1.84 bits per heavy atom. The Morgan fingerprint density at radius 1 is 1.11 bits per heavy atom. The van der Waals surface area contributed by atoms with Crippen molar-refractivity contribution in [1.29, 1.82) is 0 Å². The Morgan fingerprint density at radius 3 is 2.53 bits per heavy atom. The van der Waals surface area contributed by atoms with Crippen LogP contribution in [-0.4, -0.2) is 55.3 Å². The molecule has 0 N–H and O–H groups in total. The molecule has 104 valence electrons. The Bertz CT molecular complexity index is 410. The van der Waals surface area contributed by atoms with Gasteiger partial charge in [-0.1, -0.05) is 0 Å². The molecule has 3 rings (SSSR count). The number of hydrogen-bond acceptors (Lipinski definition) is 4. The smallest absolute Gasteiger partial charge is 0.0594 e. The zero-order chi connectivity index (χ0) is 13.1. The number of ether oxygens (including phenoxy) is 1. The van der Waals surface area contributed by atoms with Crippen molar-refractivity contribution in [2.45, 2.75) is 25.8 Å². The first-order valence-electron chi connectivity index (χ1n) is 7.31. The van der Waals surface area contributed by atoms with Crippen molar-refractivity contribution in [3.8, 4) is 0 Å². The second-order valence-electron chi connectivity index (χ2n) is 5.59. The van der Waals surface area contributed by atoms with Crippen molar-refractivity contribution in [2.24, 2.45) is 0 Å². The van der Waals surface area contributed by atoms with Crippen molar-refractivity contribution in [3.05, 3.63) is 24.0 Å². The minimum absolute atomic E-state index is 0.748. The number of nitrogens with zero attached hydrogens (tertiary/aromatic N) is 3. The van der Waals surface area contributed by atoms with Crippen molar-refractivity contribution >= 4 is 5.69 Å². The molecule has 0 aromatic carbocycles. The number of pyridine rings is 1. The summed E-state index contributed by atoms with van der Waals surface area (Å²) in [4.78, 5) is 9.38. The summed E-state index contributed by atoms with van der Waals surface area (Å²) < 4.78 is 5.43. The van der Waals surface area contributed by atoms with E-state index in [2.05, 4.69) is 27.8 Å². The van der Waals surface area contributed by atoms with Crippen molar-refractivity contribution < 1.29 is 4.74 Å². The van der Waals surface area contributed by atoms with Crippen molar-refractivity contribution in [3.63, 3.8) is 0 Å². The highest BCUT2D eigenvalue weighted by molar-refractivity contribution is 5.46. The van der Waals surface area contributed by atoms with Crippen LogP contribution >= 0.6 is 0 Å². The summed E-state index contributed by atoms with van der Waals surface area (Å²) in [5.41, 5.74) is 2.52. The van der Waals surface area contributed by atoms with Gasteiger partial charge >= 0.3 is 0 Å². The van der Waals surface area contributed by atoms with E-state index in [1.165, 1.54) is 24.1 Å². The van der Waals surface area contributed by atoms with E-state index in [1.807, 2.05) is 12.4 Å². The van der Waals surface area contributed by atoms with Crippen LogP contribution in [0, 0.1) is 6.92 Å². The molecule has 0 amide bonds. The fourth-order valence-corrected chi connectivity index (χ4v) is 3.14. The standard InChI is InChI=1S/C15H23N3O/c1-13-10-15(12-16-11-13)17-4-2-14(3-5-17)18-6-8-19-9-7-18/h10-12,14H,2-9H2,1H3. The molecule has 3 heterocycles. The zero-order valence-corrected chi connectivity index (χ0v) is 11.7. The zero-order valence-electron chi connectivity index (χ0n) is 11.7. The number of rotatable bonds is 2. The van der Waals surface area contributed by atoms with Gasteiger partial charge < -0.3 is 9.64 Å². The minimum atomic E-state index is 0.748. The summed E-state index contributed by atoms with van der Waals surface area (Å²) in [6.07, 6.45) is 6.42. The molecule has 0 aliphatic carbocycles. The molecule has 19 heavy (non-hydrogen) atoms. The molecule has 0 saturated carbocycles. The Hall–Kier alpha value is -1.13. The van der Waals surface area contributed by atoms with E-state index < -0.39 is 0 Å². The summed E-state index contributed by atoms with van der Waals surface area (Å²) >= 11 is 0. The minimum Gasteiger partial charge on any atom is -0.379 e. The average Bonchev–Trinajstić information content (AvgIpc) is 2.48. The van der Waals surface area contributed by atoms with Gasteiger partial charge in [0.05, 0.1) is 25.1 Å². The van der Waals surface area contributed by atoms with Gasteiger partial charge in [-0.2, -0.15) is 0 Å². The molecule has 0 spiro atoms. The van der Waals surface area contributed by atoms with Crippen LogP contribution in [0.3, 0.4) is 0 Å². The van der Waals surface area contributed by atoms with Crippen LogP contribution in [-0.2, 0) is 4.74 Å². The van der Waals surface area contributed by atoms with Crippen LogP contribution in [0.1, 0.15) is 18.4 Å². The van der Waals surface area contributed by atoms with E-state index in [1.54, 1.807) is 0 Å². The number of piperidine rings is 1. The maximum Gasteiger partial charge on any atom is 0.0594 e. The van der Waals surface area contributed by atoms with E-state index >= 15 is 0 Å². The lowest BCUT2D eigenvalue weighted by Crippen LogP contribution is -2.49. The van der Waals surface area contributed by atoms with E-state index in [4.69, 9.17) is 4.74 Å². The van der Waals surface area contributed by atoms with E-state index in [9.17, 15) is 0 Å². The summed E-state index contributed by atoms with van der Waals surface area (Å²) in [5, 5.41) is 0. The SMILES string of the molecule is Cc1cncc(N2CCC(N3CCOCC3)CC2)c1. The van der Waals surface area contributed by atoms with Gasteiger partial charge in [-0.05, 0) is 31.4 Å². The first-order chi connectivity index (χ1) is 9.33. The van der Waals surface area contributed by atoms with Gasteiger partial charge in [-0.3, -0.25) is 9.88 Å². The maximum absolute atomic E-state index is 5.43. The topological polar surface area (TPSA) is 28.6 Å². The van der Waals surface area contributed by atoms with E-state index in [0.29, 0.717) is 0 Å². The van der Waals surface area contributed by atoms with Crippen LogP contribution in [0.25, 0.3) is 0 Å². The van der Waals surface area contributed by atoms with E-state index in [-0.39, 0.29) is 0 Å². The molecule has 4 heteroatoms. The Kier molecular flexibility index (Phi) is 3.99. The quantitative estimate of drug-likeness (QED) is 0.810. The van der Waals surface area contributed by atoms with Gasteiger partial charge in [0, 0.05) is 38.4 Å². The van der Waals surface area contributed by atoms with Crippen molar-refractivity contribution in [2.75, 3.05) is 44.3 Å². The molecule has 2 fully saturated rings. The first-order valence-corrected chi connectivity index (χ1v) is 7.31. The average molecular weight is 261 g/mol. The molecule has 2 saturated heterocycles. The third-order valence-electron chi connectivity index (χ3n) is 4.25. The summed E-state index contributed by atoms with van der Waals surface area (Å²) in [5.74, 6) is 0. The highest BCUT2D eigenvalue weighted by atomic mass is 16.5. The van der Waals surface area contributed by atoms with Crippen LogP contribution in [0.5, 0.6) is 0 Å². The predicted molar refractivity (Wildman–Crippen MR) is 76.6 cm³/mol. The second-order valence-corrected chi connectivity index (χ2v) is 5.59.